The summed E-state index contributed by atoms with van der Waals surface area (Å²) in [6.45, 7) is 2.69. The molecule has 34 heavy (non-hydrogen) atoms. The van der Waals surface area contributed by atoms with Crippen molar-refractivity contribution >= 4 is 11.7 Å². The fraction of sp³-hybridized carbons (Fsp3) is 0.360. The van der Waals surface area contributed by atoms with Crippen molar-refractivity contribution in [1.29, 1.82) is 0 Å². The van der Waals surface area contributed by atoms with E-state index in [1.165, 1.54) is 11.1 Å². The number of aryl methyl sites for hydroxylation is 1. The Hall–Kier alpha value is -3.56. The van der Waals surface area contributed by atoms with Gasteiger partial charge in [-0.3, -0.25) is 18.8 Å². The average molecular weight is 458 g/mol. The summed E-state index contributed by atoms with van der Waals surface area (Å²) in [6.07, 6.45) is 8.24. The summed E-state index contributed by atoms with van der Waals surface area (Å²) in [5.74, 6) is 0.297. The van der Waals surface area contributed by atoms with Crippen molar-refractivity contribution in [3.8, 4) is 11.3 Å². The van der Waals surface area contributed by atoms with E-state index in [1.807, 2.05) is 19.3 Å². The number of hydrogen-bond donors (Lipinski definition) is 1. The van der Waals surface area contributed by atoms with E-state index in [4.69, 9.17) is 0 Å². The van der Waals surface area contributed by atoms with E-state index in [2.05, 4.69) is 44.2 Å². The van der Waals surface area contributed by atoms with Gasteiger partial charge >= 0.3 is 0 Å². The molecule has 1 unspecified atom stereocenters. The third-order valence-electron chi connectivity index (χ3n) is 7.11. The van der Waals surface area contributed by atoms with Crippen molar-refractivity contribution in [3.05, 3.63) is 71.9 Å². The molecule has 9 nitrogen and oxygen atoms in total. The number of piperidine rings is 1. The quantitative estimate of drug-likeness (QED) is 0.504. The number of benzene rings is 1. The van der Waals surface area contributed by atoms with Crippen molar-refractivity contribution in [2.45, 2.75) is 31.5 Å². The lowest BCUT2D eigenvalue weighted by molar-refractivity contribution is -0.0139. The fourth-order valence-corrected chi connectivity index (χ4v) is 5.27. The van der Waals surface area contributed by atoms with E-state index in [-0.39, 0.29) is 11.9 Å². The zero-order chi connectivity index (χ0) is 23.2. The lowest BCUT2D eigenvalue weighted by atomic mass is 9.94. The number of hydrogen-bond acceptors (Lipinski definition) is 6. The maximum Gasteiger partial charge on any atom is 0.274 e. The number of β-amino-alcohol motifs (C(OH)–C–C–N with tert-alkyl or cyclic N) is 1. The standard InChI is InChI=1S/C25H27N7O2/c1-29-21(6-9-27-29)19-12-26-25-28-20(15-32(25)14-19)24(34)31-11-8-22(23(33)16-31)30-10-7-17-4-2-3-5-18(17)13-30/h2-6,9,12,14-15,22-23,33H,7-8,10-11,13,16H2,1H3/t22-,23?/m0/s1. The molecule has 0 saturated carbocycles. The minimum atomic E-state index is -0.588. The second-order valence-corrected chi connectivity index (χ2v) is 9.18. The molecule has 1 aromatic carbocycles. The zero-order valence-electron chi connectivity index (χ0n) is 19.1. The molecule has 1 amide bonds. The van der Waals surface area contributed by atoms with Gasteiger partial charge < -0.3 is 10.0 Å². The molecule has 9 heteroatoms. The number of imidazole rings is 1. The molecule has 1 saturated heterocycles. The summed E-state index contributed by atoms with van der Waals surface area (Å²) < 4.78 is 3.54. The first-order valence-corrected chi connectivity index (χ1v) is 11.7. The number of amides is 1. The van der Waals surface area contributed by atoms with Crippen LogP contribution >= 0.6 is 0 Å². The Morgan fingerprint density at radius 3 is 2.76 bits per heavy atom. The van der Waals surface area contributed by atoms with Crippen molar-refractivity contribution in [2.24, 2.45) is 7.05 Å². The molecule has 2 aliphatic rings. The first kappa shape index (κ1) is 21.0. The highest BCUT2D eigenvalue weighted by Gasteiger charge is 2.35. The van der Waals surface area contributed by atoms with Gasteiger partial charge in [0.25, 0.3) is 5.91 Å². The lowest BCUT2D eigenvalue weighted by Gasteiger charge is -2.43. The predicted octanol–water partition coefficient (Wildman–Crippen LogP) is 1.76. The Labute approximate surface area is 197 Å². The van der Waals surface area contributed by atoms with E-state index in [9.17, 15) is 9.90 Å². The third-order valence-corrected chi connectivity index (χ3v) is 7.11. The molecule has 0 bridgehead atoms. The average Bonchev–Trinajstić information content (AvgIpc) is 3.48. The minimum Gasteiger partial charge on any atom is -0.390 e. The van der Waals surface area contributed by atoms with Gasteiger partial charge in [-0.1, -0.05) is 24.3 Å². The molecule has 0 radical (unpaired) electrons. The topological polar surface area (TPSA) is 91.8 Å². The molecule has 174 valence electrons. The number of aromatic nitrogens is 5. The minimum absolute atomic E-state index is 0.0570. The maximum absolute atomic E-state index is 13.2. The fourth-order valence-electron chi connectivity index (χ4n) is 5.27. The van der Waals surface area contributed by atoms with Crippen molar-refractivity contribution in [3.63, 3.8) is 0 Å². The smallest absolute Gasteiger partial charge is 0.274 e. The lowest BCUT2D eigenvalue weighted by Crippen LogP contribution is -2.56. The summed E-state index contributed by atoms with van der Waals surface area (Å²) in [5, 5.41) is 15.2. The highest BCUT2D eigenvalue weighted by Crippen LogP contribution is 2.26. The summed E-state index contributed by atoms with van der Waals surface area (Å²) in [6, 6.07) is 10.5. The number of aliphatic hydroxyl groups is 1. The van der Waals surface area contributed by atoms with Gasteiger partial charge in [0.1, 0.15) is 5.69 Å². The number of fused-ring (bicyclic) bond motifs is 2. The molecule has 1 N–H and O–H groups in total. The predicted molar refractivity (Wildman–Crippen MR) is 126 cm³/mol. The molecule has 2 aliphatic heterocycles. The van der Waals surface area contributed by atoms with Gasteiger partial charge in [-0.25, -0.2) is 9.97 Å². The Balaban J connectivity index is 1.16. The van der Waals surface area contributed by atoms with Gasteiger partial charge in [-0.2, -0.15) is 5.10 Å². The zero-order valence-corrected chi connectivity index (χ0v) is 19.1. The summed E-state index contributed by atoms with van der Waals surface area (Å²) in [7, 11) is 1.87. The van der Waals surface area contributed by atoms with Crippen LogP contribution in [-0.2, 0) is 20.0 Å². The Kier molecular flexibility index (Phi) is 5.15. The number of nitrogens with zero attached hydrogens (tertiary/aromatic N) is 7. The van der Waals surface area contributed by atoms with Gasteiger partial charge in [-0.15, -0.1) is 0 Å². The van der Waals surface area contributed by atoms with Gasteiger partial charge in [0.2, 0.25) is 5.78 Å². The number of carbonyl (C=O) groups is 1. The van der Waals surface area contributed by atoms with Crippen molar-refractivity contribution < 1.29 is 9.90 Å². The molecule has 6 rings (SSSR count). The van der Waals surface area contributed by atoms with Crippen LogP contribution in [0.5, 0.6) is 0 Å². The maximum atomic E-state index is 13.2. The largest absolute Gasteiger partial charge is 0.390 e. The molecule has 2 atom stereocenters. The molecule has 0 aliphatic carbocycles. The SMILES string of the molecule is Cn1nccc1-c1cnc2nc(C(=O)N3CC[C@H](N4CCc5ccccc5C4)C(O)C3)cn2c1. The van der Waals surface area contributed by atoms with Gasteiger partial charge in [0.15, 0.2) is 0 Å². The highest BCUT2D eigenvalue weighted by molar-refractivity contribution is 5.93. The summed E-state index contributed by atoms with van der Waals surface area (Å²) in [4.78, 5) is 26.1. The molecular weight excluding hydrogens is 430 g/mol. The van der Waals surface area contributed by atoms with Crippen LogP contribution in [0.1, 0.15) is 28.0 Å². The molecule has 0 spiro atoms. The van der Waals surface area contributed by atoms with Gasteiger partial charge in [0, 0.05) is 69.6 Å². The van der Waals surface area contributed by atoms with Crippen LogP contribution in [0, 0.1) is 0 Å². The van der Waals surface area contributed by atoms with Crippen LogP contribution in [0.4, 0.5) is 0 Å². The number of aliphatic hydroxyl groups excluding tert-OH is 1. The van der Waals surface area contributed by atoms with Crippen LogP contribution < -0.4 is 0 Å². The number of rotatable bonds is 3. The van der Waals surface area contributed by atoms with Gasteiger partial charge in [0.05, 0.1) is 11.8 Å². The van der Waals surface area contributed by atoms with Crippen LogP contribution in [0.2, 0.25) is 0 Å². The Bertz CT molecular complexity index is 1360. The normalized spacial score (nSPS) is 21.1. The van der Waals surface area contributed by atoms with Crippen LogP contribution in [-0.4, -0.2) is 76.7 Å². The molecule has 3 aromatic heterocycles. The number of likely N-dealkylation sites (tertiary alicyclic amines) is 1. The monoisotopic (exact) mass is 457 g/mol. The first-order chi connectivity index (χ1) is 16.6. The Morgan fingerprint density at radius 1 is 1.12 bits per heavy atom. The van der Waals surface area contributed by atoms with Crippen molar-refractivity contribution in [2.75, 3.05) is 19.6 Å². The molecular formula is C25H27N7O2. The van der Waals surface area contributed by atoms with Crippen LogP contribution in [0.25, 0.3) is 17.0 Å². The first-order valence-electron chi connectivity index (χ1n) is 11.7. The van der Waals surface area contributed by atoms with E-state index >= 15 is 0 Å². The van der Waals surface area contributed by atoms with Crippen molar-refractivity contribution in [1.82, 2.24) is 33.9 Å². The van der Waals surface area contributed by atoms with Crippen LogP contribution in [0.15, 0.2) is 55.1 Å². The number of carbonyl (C=O) groups excluding carboxylic acids is 1. The van der Waals surface area contributed by atoms with E-state index in [0.717, 1.165) is 37.2 Å². The molecule has 1 fully saturated rings. The van der Waals surface area contributed by atoms with E-state index in [1.54, 1.807) is 32.6 Å². The molecule has 4 aromatic rings. The van der Waals surface area contributed by atoms with Crippen LogP contribution in [0.3, 0.4) is 0 Å². The highest BCUT2D eigenvalue weighted by atomic mass is 16.3. The van der Waals surface area contributed by atoms with E-state index < -0.39 is 6.10 Å². The van der Waals surface area contributed by atoms with E-state index in [0.29, 0.717) is 24.6 Å². The third kappa shape index (κ3) is 3.66. The second-order valence-electron chi connectivity index (χ2n) is 9.18. The molecule has 5 heterocycles. The summed E-state index contributed by atoms with van der Waals surface area (Å²) >= 11 is 0. The van der Waals surface area contributed by atoms with Gasteiger partial charge in [-0.05, 0) is 30.0 Å². The summed E-state index contributed by atoms with van der Waals surface area (Å²) in [5.41, 5.74) is 4.90. The Morgan fingerprint density at radius 2 is 1.97 bits per heavy atom. The second kappa shape index (κ2) is 8.34.